The molecule has 0 radical (unpaired) electrons. The fourth-order valence-corrected chi connectivity index (χ4v) is 3.65. The molecule has 1 N–H and O–H groups in total. The Hall–Kier alpha value is -0.240. The van der Waals surface area contributed by atoms with Crippen molar-refractivity contribution in [2.24, 2.45) is 5.92 Å². The molecule has 6 atom stereocenters. The minimum absolute atomic E-state index is 0.00820. The Morgan fingerprint density at radius 2 is 2.29 bits per heavy atom. The van der Waals surface area contributed by atoms with Crippen LogP contribution in [-0.4, -0.2) is 42.2 Å². The van der Waals surface area contributed by atoms with Crippen LogP contribution in [0.25, 0.3) is 0 Å². The first-order chi connectivity index (χ1) is 10.1. The summed E-state index contributed by atoms with van der Waals surface area (Å²) >= 11 is 0. The molecule has 0 spiro atoms. The molecule has 0 aromatic carbocycles. The Kier molecular flexibility index (Phi) is 6.40. The Morgan fingerprint density at radius 3 is 2.95 bits per heavy atom. The van der Waals surface area contributed by atoms with Crippen LogP contribution in [0.2, 0.25) is 0 Å². The largest absolute Gasteiger partial charge is 0.393 e. The summed E-state index contributed by atoms with van der Waals surface area (Å²) in [6, 6.07) is 2.26. The maximum atomic E-state index is 9.85. The summed E-state index contributed by atoms with van der Waals surface area (Å²) < 4.78 is 17.3. The van der Waals surface area contributed by atoms with Gasteiger partial charge in [0.05, 0.1) is 37.6 Å². The molecule has 2 aliphatic rings. The van der Waals surface area contributed by atoms with Crippen molar-refractivity contribution >= 4 is 9.47 Å². The molecule has 6 heteroatoms. The SMILES string of the molecule is C[C@@H](C#N)C[C@H]1CC[C@@H]2O[C@@H](CCCOP)C[C@]2(CO)O1. The average Bonchev–Trinajstić information content (AvgIpc) is 2.85. The number of hydrogen-bond donors (Lipinski definition) is 1. The van der Waals surface area contributed by atoms with Crippen LogP contribution < -0.4 is 0 Å². The van der Waals surface area contributed by atoms with Gasteiger partial charge in [-0.1, -0.05) is 0 Å². The van der Waals surface area contributed by atoms with Crippen molar-refractivity contribution in [2.75, 3.05) is 13.2 Å². The fraction of sp³-hybridized carbons (Fsp3) is 0.933. The lowest BCUT2D eigenvalue weighted by Gasteiger charge is -2.41. The highest BCUT2D eigenvalue weighted by Crippen LogP contribution is 2.43. The van der Waals surface area contributed by atoms with Crippen LogP contribution in [0.15, 0.2) is 0 Å². The number of nitrogens with zero attached hydrogens (tertiary/aromatic N) is 1. The van der Waals surface area contributed by atoms with Gasteiger partial charge in [0.2, 0.25) is 0 Å². The van der Waals surface area contributed by atoms with E-state index in [0.717, 1.165) is 38.5 Å². The zero-order valence-corrected chi connectivity index (χ0v) is 13.8. The van der Waals surface area contributed by atoms with E-state index in [2.05, 4.69) is 15.5 Å². The molecule has 0 aliphatic carbocycles. The average molecular weight is 315 g/mol. The van der Waals surface area contributed by atoms with Crippen molar-refractivity contribution in [3.63, 3.8) is 0 Å². The number of rotatable bonds is 7. The molecular weight excluding hydrogens is 289 g/mol. The van der Waals surface area contributed by atoms with Gasteiger partial charge in [0.25, 0.3) is 0 Å². The number of hydrogen-bond acceptors (Lipinski definition) is 5. The third-order valence-corrected chi connectivity index (χ3v) is 4.80. The maximum absolute atomic E-state index is 9.85. The third kappa shape index (κ3) is 4.15. The summed E-state index contributed by atoms with van der Waals surface area (Å²) in [5, 5.41) is 18.8. The van der Waals surface area contributed by atoms with E-state index in [1.807, 2.05) is 6.92 Å². The number of aliphatic hydroxyl groups excluding tert-OH is 1. The smallest absolute Gasteiger partial charge is 0.120 e. The Morgan fingerprint density at radius 1 is 1.48 bits per heavy atom. The summed E-state index contributed by atoms with van der Waals surface area (Å²) in [4.78, 5) is 0. The molecule has 120 valence electrons. The standard InChI is InChI=1S/C15H26NO4P/c1-11(9-16)7-12-4-5-14-15(10-17,20-12)8-13(19-14)3-2-6-18-21/h11-14,17H,2-8,10,21H2,1H3/t11-,12-,13+,14+,15-/m1/s1. The van der Waals surface area contributed by atoms with Gasteiger partial charge in [0, 0.05) is 21.8 Å². The molecule has 2 saturated heterocycles. The zero-order valence-electron chi connectivity index (χ0n) is 12.7. The van der Waals surface area contributed by atoms with Crippen molar-refractivity contribution in [3.05, 3.63) is 0 Å². The van der Waals surface area contributed by atoms with E-state index in [1.165, 1.54) is 0 Å². The highest BCUT2D eigenvalue weighted by atomic mass is 31.0. The van der Waals surface area contributed by atoms with Crippen LogP contribution in [0.4, 0.5) is 0 Å². The van der Waals surface area contributed by atoms with Crippen LogP contribution in [0.5, 0.6) is 0 Å². The molecule has 2 aliphatic heterocycles. The van der Waals surface area contributed by atoms with E-state index < -0.39 is 5.60 Å². The second-order valence-electron chi connectivity index (χ2n) is 6.27. The fourth-order valence-electron chi connectivity index (χ4n) is 3.49. The van der Waals surface area contributed by atoms with E-state index in [0.29, 0.717) is 6.61 Å². The van der Waals surface area contributed by atoms with Gasteiger partial charge < -0.3 is 19.1 Å². The topological polar surface area (TPSA) is 71.7 Å². The molecule has 21 heavy (non-hydrogen) atoms. The van der Waals surface area contributed by atoms with E-state index in [9.17, 15) is 5.11 Å². The lowest BCUT2D eigenvalue weighted by molar-refractivity contribution is -0.185. The molecule has 0 aromatic heterocycles. The van der Waals surface area contributed by atoms with Gasteiger partial charge in [0.1, 0.15) is 5.60 Å². The van der Waals surface area contributed by atoms with E-state index in [-0.39, 0.29) is 30.8 Å². The quantitative estimate of drug-likeness (QED) is 0.576. The zero-order chi connectivity index (χ0) is 15.3. The second kappa shape index (κ2) is 7.85. The Balaban J connectivity index is 1.92. The van der Waals surface area contributed by atoms with Crippen molar-refractivity contribution in [1.29, 1.82) is 5.26 Å². The summed E-state index contributed by atoms with van der Waals surface area (Å²) in [6.07, 6.45) is 5.32. The number of aliphatic hydroxyl groups is 1. The molecule has 2 heterocycles. The minimum Gasteiger partial charge on any atom is -0.393 e. The number of nitriles is 1. The first-order valence-electron chi connectivity index (χ1n) is 7.79. The van der Waals surface area contributed by atoms with Gasteiger partial charge in [-0.3, -0.25) is 0 Å². The predicted octanol–water partition coefficient (Wildman–Crippen LogP) is 2.19. The molecule has 2 rings (SSSR count). The summed E-state index contributed by atoms with van der Waals surface area (Å²) in [6.45, 7) is 2.61. The Bertz CT molecular complexity index is 375. The molecular formula is C15H26NO4P. The highest BCUT2D eigenvalue weighted by Gasteiger charge is 2.52. The molecule has 0 amide bonds. The molecule has 0 aromatic rings. The van der Waals surface area contributed by atoms with Crippen LogP contribution in [-0.2, 0) is 14.0 Å². The van der Waals surface area contributed by atoms with Crippen LogP contribution in [0, 0.1) is 17.2 Å². The van der Waals surface area contributed by atoms with Crippen LogP contribution in [0.1, 0.15) is 45.4 Å². The first kappa shape index (κ1) is 17.1. The first-order valence-corrected chi connectivity index (χ1v) is 8.26. The van der Waals surface area contributed by atoms with Gasteiger partial charge in [-0.2, -0.15) is 5.26 Å². The van der Waals surface area contributed by atoms with Crippen molar-refractivity contribution in [3.8, 4) is 6.07 Å². The van der Waals surface area contributed by atoms with E-state index in [4.69, 9.17) is 19.3 Å². The van der Waals surface area contributed by atoms with E-state index in [1.54, 1.807) is 0 Å². The number of fused-ring (bicyclic) bond motifs is 1. The third-order valence-electron chi connectivity index (χ3n) is 4.56. The molecule has 1 unspecified atom stereocenters. The van der Waals surface area contributed by atoms with Gasteiger partial charge >= 0.3 is 0 Å². The van der Waals surface area contributed by atoms with Gasteiger partial charge in [-0.25, -0.2) is 0 Å². The molecule has 5 nitrogen and oxygen atoms in total. The van der Waals surface area contributed by atoms with Gasteiger partial charge in [-0.05, 0) is 39.0 Å². The lowest BCUT2D eigenvalue weighted by atomic mass is 9.85. The molecule has 2 fully saturated rings. The number of ether oxygens (including phenoxy) is 2. The summed E-state index contributed by atoms with van der Waals surface area (Å²) in [5.41, 5.74) is -0.565. The maximum Gasteiger partial charge on any atom is 0.120 e. The van der Waals surface area contributed by atoms with Gasteiger partial charge in [0.15, 0.2) is 0 Å². The minimum atomic E-state index is -0.565. The van der Waals surface area contributed by atoms with Gasteiger partial charge in [-0.15, -0.1) is 0 Å². The predicted molar refractivity (Wildman–Crippen MR) is 81.5 cm³/mol. The summed E-state index contributed by atoms with van der Waals surface area (Å²) in [5.74, 6) is -0.0142. The van der Waals surface area contributed by atoms with Crippen molar-refractivity contribution in [2.45, 2.75) is 69.4 Å². The van der Waals surface area contributed by atoms with Crippen LogP contribution in [0.3, 0.4) is 0 Å². The molecule has 0 bridgehead atoms. The van der Waals surface area contributed by atoms with Crippen molar-refractivity contribution in [1.82, 2.24) is 0 Å². The Labute approximate surface area is 129 Å². The van der Waals surface area contributed by atoms with E-state index >= 15 is 0 Å². The lowest BCUT2D eigenvalue weighted by Crippen LogP contribution is -2.51. The normalized spacial score (nSPS) is 37.0. The molecule has 0 saturated carbocycles. The van der Waals surface area contributed by atoms with Crippen LogP contribution >= 0.6 is 9.47 Å². The monoisotopic (exact) mass is 315 g/mol. The van der Waals surface area contributed by atoms with Crippen molar-refractivity contribution < 1.29 is 19.1 Å². The summed E-state index contributed by atoms with van der Waals surface area (Å²) in [7, 11) is 2.26. The highest BCUT2D eigenvalue weighted by molar-refractivity contribution is 7.09. The second-order valence-corrected chi connectivity index (χ2v) is 6.60.